The van der Waals surface area contributed by atoms with E-state index in [4.69, 9.17) is 22.8 Å². The van der Waals surface area contributed by atoms with E-state index < -0.39 is 5.82 Å². The molecule has 72 valence electrons. The zero-order valence-electron chi connectivity index (χ0n) is 7.09. The lowest BCUT2D eigenvalue weighted by atomic mass is 10.2. The van der Waals surface area contributed by atoms with E-state index in [0.717, 1.165) is 12.1 Å². The number of hydrogen-bond donors (Lipinski definition) is 0. The molecule has 0 aliphatic rings. The van der Waals surface area contributed by atoms with Gasteiger partial charge in [-0.15, -0.1) is 6.42 Å². The summed E-state index contributed by atoms with van der Waals surface area (Å²) < 4.78 is 17.8. The maximum absolute atomic E-state index is 12.8. The molecule has 2 nitrogen and oxygen atoms in total. The molecule has 0 fully saturated rings. The number of rotatable bonds is 3. The monoisotopic (exact) mass is 212 g/mol. The first-order chi connectivity index (χ1) is 6.69. The quantitative estimate of drug-likeness (QED) is 0.568. The highest BCUT2D eigenvalue weighted by Crippen LogP contribution is 2.28. The first-order valence-corrected chi connectivity index (χ1v) is 4.07. The SMILES string of the molecule is C#CCOc1c(Cl)cc(F)cc1C=O. The van der Waals surface area contributed by atoms with E-state index in [1.807, 2.05) is 0 Å². The van der Waals surface area contributed by atoms with Gasteiger partial charge in [-0.3, -0.25) is 4.79 Å². The van der Waals surface area contributed by atoms with Gasteiger partial charge in [-0.05, 0) is 12.1 Å². The van der Waals surface area contributed by atoms with Gasteiger partial charge in [-0.1, -0.05) is 17.5 Å². The Hall–Kier alpha value is -1.53. The molecule has 0 aromatic heterocycles. The molecule has 0 radical (unpaired) electrons. The molecule has 0 saturated heterocycles. The Morgan fingerprint density at radius 1 is 1.64 bits per heavy atom. The van der Waals surface area contributed by atoms with E-state index in [-0.39, 0.29) is 22.9 Å². The summed E-state index contributed by atoms with van der Waals surface area (Å²) in [7, 11) is 0. The maximum Gasteiger partial charge on any atom is 0.153 e. The smallest absolute Gasteiger partial charge is 0.153 e. The summed E-state index contributed by atoms with van der Waals surface area (Å²) in [5, 5.41) is 0.0300. The van der Waals surface area contributed by atoms with Crippen molar-refractivity contribution in [3.63, 3.8) is 0 Å². The minimum Gasteiger partial charge on any atom is -0.479 e. The highest BCUT2D eigenvalue weighted by molar-refractivity contribution is 6.32. The molecule has 0 atom stereocenters. The van der Waals surface area contributed by atoms with E-state index >= 15 is 0 Å². The van der Waals surface area contributed by atoms with Gasteiger partial charge in [-0.2, -0.15) is 0 Å². The maximum atomic E-state index is 12.8. The van der Waals surface area contributed by atoms with Crippen LogP contribution in [0.3, 0.4) is 0 Å². The zero-order valence-corrected chi connectivity index (χ0v) is 7.84. The molecule has 0 unspecified atom stereocenters. The molecule has 4 heteroatoms. The number of carbonyl (C=O) groups excluding carboxylic acids is 1. The third-order valence-electron chi connectivity index (χ3n) is 1.46. The number of hydrogen-bond acceptors (Lipinski definition) is 2. The normalized spacial score (nSPS) is 9.21. The largest absolute Gasteiger partial charge is 0.479 e. The van der Waals surface area contributed by atoms with E-state index in [0.29, 0.717) is 6.29 Å². The molecule has 0 bridgehead atoms. The fourth-order valence-electron chi connectivity index (χ4n) is 0.934. The van der Waals surface area contributed by atoms with Crippen LogP contribution in [0.1, 0.15) is 10.4 Å². The van der Waals surface area contributed by atoms with E-state index in [2.05, 4.69) is 5.92 Å². The van der Waals surface area contributed by atoms with Gasteiger partial charge in [0.1, 0.15) is 18.2 Å². The van der Waals surface area contributed by atoms with Crippen molar-refractivity contribution in [1.82, 2.24) is 0 Å². The Morgan fingerprint density at radius 3 is 2.93 bits per heavy atom. The number of aldehydes is 1. The van der Waals surface area contributed by atoms with Gasteiger partial charge in [0.05, 0.1) is 10.6 Å². The van der Waals surface area contributed by atoms with Crippen LogP contribution in [0.25, 0.3) is 0 Å². The summed E-state index contributed by atoms with van der Waals surface area (Å²) >= 11 is 5.66. The highest BCUT2D eigenvalue weighted by Gasteiger charge is 2.10. The van der Waals surface area contributed by atoms with Crippen molar-refractivity contribution in [1.29, 1.82) is 0 Å². The topological polar surface area (TPSA) is 26.3 Å². The minimum absolute atomic E-state index is 0.0216. The Morgan fingerprint density at radius 2 is 2.36 bits per heavy atom. The van der Waals surface area contributed by atoms with E-state index in [1.165, 1.54) is 0 Å². The molecule has 0 aliphatic heterocycles. The third-order valence-corrected chi connectivity index (χ3v) is 1.74. The molecule has 0 spiro atoms. The van der Waals surface area contributed by atoms with Crippen molar-refractivity contribution >= 4 is 17.9 Å². The van der Waals surface area contributed by atoms with Crippen LogP contribution in [0.2, 0.25) is 5.02 Å². The fraction of sp³-hybridized carbons (Fsp3) is 0.100. The predicted molar refractivity (Wildman–Crippen MR) is 51.1 cm³/mol. The van der Waals surface area contributed by atoms with Crippen LogP contribution >= 0.6 is 11.6 Å². The first-order valence-electron chi connectivity index (χ1n) is 3.69. The van der Waals surface area contributed by atoms with Gasteiger partial charge in [0.15, 0.2) is 6.29 Å². The molecule has 0 heterocycles. The summed E-state index contributed by atoms with van der Waals surface area (Å²) in [6.07, 6.45) is 5.43. The Balaban J connectivity index is 3.13. The first kappa shape index (κ1) is 10.6. The van der Waals surface area contributed by atoms with Crippen LogP contribution in [0.5, 0.6) is 5.75 Å². The fourth-order valence-corrected chi connectivity index (χ4v) is 1.20. The number of benzene rings is 1. The standard InChI is InChI=1S/C10H6ClFO2/c1-2-3-14-10-7(6-13)4-8(12)5-9(10)11/h1,4-6H,3H2. The van der Waals surface area contributed by atoms with Crippen molar-refractivity contribution in [3.8, 4) is 18.1 Å². The molecule has 0 aliphatic carbocycles. The third kappa shape index (κ3) is 2.24. The Bertz CT molecular complexity index is 396. The van der Waals surface area contributed by atoms with Gasteiger partial charge in [0.2, 0.25) is 0 Å². The number of terminal acetylenes is 1. The lowest BCUT2D eigenvalue weighted by Crippen LogP contribution is -1.99. The molecule has 1 aromatic carbocycles. The van der Waals surface area contributed by atoms with Crippen LogP contribution in [0, 0.1) is 18.2 Å². The van der Waals surface area contributed by atoms with E-state index in [9.17, 15) is 9.18 Å². The number of halogens is 2. The van der Waals surface area contributed by atoms with Crippen molar-refractivity contribution in [2.45, 2.75) is 0 Å². The van der Waals surface area contributed by atoms with Crippen LogP contribution in [0.4, 0.5) is 4.39 Å². The molecule has 14 heavy (non-hydrogen) atoms. The van der Waals surface area contributed by atoms with Gasteiger partial charge in [0.25, 0.3) is 0 Å². The van der Waals surface area contributed by atoms with Crippen LogP contribution in [-0.2, 0) is 0 Å². The second-order valence-electron chi connectivity index (χ2n) is 2.42. The lowest BCUT2D eigenvalue weighted by molar-refractivity contribution is 0.111. The van der Waals surface area contributed by atoms with Crippen LogP contribution in [-0.4, -0.2) is 12.9 Å². The van der Waals surface area contributed by atoms with E-state index in [1.54, 1.807) is 0 Å². The number of carbonyl (C=O) groups is 1. The van der Waals surface area contributed by atoms with Crippen molar-refractivity contribution < 1.29 is 13.9 Å². The molecule has 0 amide bonds. The zero-order chi connectivity index (χ0) is 10.6. The average molecular weight is 213 g/mol. The molecule has 0 N–H and O–H groups in total. The van der Waals surface area contributed by atoms with Crippen LogP contribution in [0.15, 0.2) is 12.1 Å². The lowest BCUT2D eigenvalue weighted by Gasteiger charge is -2.07. The number of ether oxygens (including phenoxy) is 1. The van der Waals surface area contributed by atoms with Gasteiger partial charge < -0.3 is 4.74 Å². The van der Waals surface area contributed by atoms with Crippen LogP contribution < -0.4 is 4.74 Å². The Kier molecular flexibility index (Phi) is 3.49. The molecular weight excluding hydrogens is 207 g/mol. The van der Waals surface area contributed by atoms with Gasteiger partial charge in [0, 0.05) is 0 Å². The van der Waals surface area contributed by atoms with Gasteiger partial charge >= 0.3 is 0 Å². The summed E-state index contributed by atoms with van der Waals surface area (Å²) in [4.78, 5) is 10.5. The summed E-state index contributed by atoms with van der Waals surface area (Å²) in [6, 6.07) is 2.09. The Labute approximate surface area is 85.6 Å². The van der Waals surface area contributed by atoms with Crippen molar-refractivity contribution in [2.24, 2.45) is 0 Å². The summed E-state index contributed by atoms with van der Waals surface area (Å²) in [6.45, 7) is -0.0216. The van der Waals surface area contributed by atoms with Gasteiger partial charge in [-0.25, -0.2) is 4.39 Å². The second-order valence-corrected chi connectivity index (χ2v) is 2.82. The summed E-state index contributed by atoms with van der Waals surface area (Å²) in [5.74, 6) is 1.74. The highest BCUT2D eigenvalue weighted by atomic mass is 35.5. The predicted octanol–water partition coefficient (Wildman–Crippen LogP) is 2.30. The molecular formula is C10H6ClFO2. The average Bonchev–Trinajstić information content (AvgIpc) is 2.15. The van der Waals surface area contributed by atoms with Crippen molar-refractivity contribution in [3.05, 3.63) is 28.5 Å². The minimum atomic E-state index is -0.592. The molecule has 0 saturated carbocycles. The summed E-state index contributed by atoms with van der Waals surface area (Å²) in [5.41, 5.74) is 0.0465. The molecule has 1 aromatic rings. The van der Waals surface area contributed by atoms with Crippen molar-refractivity contribution in [2.75, 3.05) is 6.61 Å². The molecule has 1 rings (SSSR count). The second kappa shape index (κ2) is 4.64.